The number of rotatable bonds is 3. The fourth-order valence-corrected chi connectivity index (χ4v) is 2.44. The molecule has 1 atom stereocenters. The second-order valence-electron chi connectivity index (χ2n) is 3.59. The molecule has 0 radical (unpaired) electrons. The number of hydrogen-bond acceptors (Lipinski definition) is 3. The van der Waals surface area contributed by atoms with E-state index in [0.717, 1.165) is 11.4 Å². The highest BCUT2D eigenvalue weighted by Crippen LogP contribution is 2.30. The average molecular weight is 222 g/mol. The van der Waals surface area contributed by atoms with Crippen LogP contribution in [0.5, 0.6) is 0 Å². The van der Waals surface area contributed by atoms with Crippen LogP contribution in [0.15, 0.2) is 29.9 Å². The molecular weight excluding hydrogens is 208 g/mol. The molecule has 3 nitrogen and oxygen atoms in total. The number of imidazole rings is 1. The van der Waals surface area contributed by atoms with Crippen LogP contribution in [0, 0.1) is 0 Å². The Labute approximate surface area is 93.0 Å². The van der Waals surface area contributed by atoms with Crippen molar-refractivity contribution < 1.29 is 5.11 Å². The minimum absolute atomic E-state index is 0.701. The lowest BCUT2D eigenvalue weighted by Crippen LogP contribution is -2.26. The summed E-state index contributed by atoms with van der Waals surface area (Å²) in [6.45, 7) is 4.64. The zero-order chi connectivity index (χ0) is 10.9. The fraction of sp³-hybridized carbons (Fsp3) is 0.364. The van der Waals surface area contributed by atoms with E-state index >= 15 is 0 Å². The Kier molecular flexibility index (Phi) is 2.63. The largest absolute Gasteiger partial charge is 0.377 e. The van der Waals surface area contributed by atoms with Gasteiger partial charge in [-0.3, -0.25) is 0 Å². The van der Waals surface area contributed by atoms with Crippen LogP contribution in [-0.4, -0.2) is 14.7 Å². The van der Waals surface area contributed by atoms with Crippen molar-refractivity contribution in [1.29, 1.82) is 0 Å². The highest BCUT2D eigenvalue weighted by atomic mass is 32.1. The molecule has 15 heavy (non-hydrogen) atoms. The SMILES string of the molecule is CCn1ccnc1C(C)(O)c1cccs1. The maximum absolute atomic E-state index is 10.5. The first kappa shape index (κ1) is 10.4. The van der Waals surface area contributed by atoms with Crippen LogP contribution in [0.4, 0.5) is 0 Å². The second-order valence-corrected chi connectivity index (χ2v) is 4.53. The van der Waals surface area contributed by atoms with Crippen LogP contribution < -0.4 is 0 Å². The van der Waals surface area contributed by atoms with Crippen LogP contribution in [0.1, 0.15) is 24.5 Å². The van der Waals surface area contributed by atoms with Crippen molar-refractivity contribution >= 4 is 11.3 Å². The van der Waals surface area contributed by atoms with E-state index in [4.69, 9.17) is 0 Å². The summed E-state index contributed by atoms with van der Waals surface area (Å²) in [5, 5.41) is 12.4. The predicted octanol–water partition coefficient (Wildman–Crippen LogP) is 2.22. The minimum atomic E-state index is -0.992. The molecule has 2 rings (SSSR count). The molecule has 0 amide bonds. The van der Waals surface area contributed by atoms with Crippen LogP contribution in [-0.2, 0) is 12.1 Å². The van der Waals surface area contributed by atoms with Crippen LogP contribution in [0.3, 0.4) is 0 Å². The van der Waals surface area contributed by atoms with Crippen molar-refractivity contribution in [3.05, 3.63) is 40.6 Å². The Morgan fingerprint density at radius 1 is 1.60 bits per heavy atom. The summed E-state index contributed by atoms with van der Waals surface area (Å²) < 4.78 is 1.96. The van der Waals surface area contributed by atoms with Gasteiger partial charge >= 0.3 is 0 Å². The molecule has 2 heterocycles. The number of thiophene rings is 1. The molecular formula is C11H14N2OS. The van der Waals surface area contributed by atoms with Gasteiger partial charge in [-0.05, 0) is 25.3 Å². The van der Waals surface area contributed by atoms with Gasteiger partial charge in [0.15, 0.2) is 5.60 Å². The molecule has 0 aliphatic rings. The minimum Gasteiger partial charge on any atom is -0.377 e. The van der Waals surface area contributed by atoms with E-state index in [-0.39, 0.29) is 0 Å². The van der Waals surface area contributed by atoms with Crippen molar-refractivity contribution in [1.82, 2.24) is 9.55 Å². The van der Waals surface area contributed by atoms with Gasteiger partial charge in [-0.1, -0.05) is 6.07 Å². The van der Waals surface area contributed by atoms with Gasteiger partial charge in [-0.25, -0.2) is 4.98 Å². The van der Waals surface area contributed by atoms with Gasteiger partial charge in [0.05, 0.1) is 0 Å². The van der Waals surface area contributed by atoms with E-state index in [1.807, 2.05) is 35.2 Å². The standard InChI is InChI=1S/C11H14N2OS/c1-3-13-7-6-12-10(13)11(2,14)9-5-4-8-15-9/h4-8,14H,3H2,1-2H3. The van der Waals surface area contributed by atoms with Gasteiger partial charge < -0.3 is 9.67 Å². The summed E-state index contributed by atoms with van der Waals surface area (Å²) in [6, 6.07) is 3.87. The summed E-state index contributed by atoms with van der Waals surface area (Å²) in [4.78, 5) is 5.15. The van der Waals surface area contributed by atoms with Crippen molar-refractivity contribution in [2.45, 2.75) is 26.0 Å². The third-order valence-corrected chi connectivity index (χ3v) is 3.57. The maximum atomic E-state index is 10.5. The number of hydrogen-bond donors (Lipinski definition) is 1. The van der Waals surface area contributed by atoms with Crippen molar-refractivity contribution in [2.24, 2.45) is 0 Å². The monoisotopic (exact) mass is 222 g/mol. The van der Waals surface area contributed by atoms with Gasteiger partial charge in [-0.15, -0.1) is 11.3 Å². The lowest BCUT2D eigenvalue weighted by Gasteiger charge is -2.22. The van der Waals surface area contributed by atoms with Crippen molar-refractivity contribution in [2.75, 3.05) is 0 Å². The summed E-state index contributed by atoms with van der Waals surface area (Å²) >= 11 is 1.54. The van der Waals surface area contributed by atoms with Crippen LogP contribution in [0.2, 0.25) is 0 Å². The van der Waals surface area contributed by atoms with Gasteiger partial charge in [0.25, 0.3) is 0 Å². The molecule has 0 aromatic carbocycles. The third-order valence-electron chi connectivity index (χ3n) is 2.49. The molecule has 0 fully saturated rings. The first-order valence-electron chi connectivity index (χ1n) is 4.94. The molecule has 0 spiro atoms. The molecule has 0 bridgehead atoms. The van der Waals surface area contributed by atoms with Gasteiger partial charge in [0.1, 0.15) is 5.82 Å². The molecule has 4 heteroatoms. The van der Waals surface area contributed by atoms with Crippen molar-refractivity contribution in [3.8, 4) is 0 Å². The molecule has 1 N–H and O–H groups in total. The molecule has 0 saturated heterocycles. The fourth-order valence-electron chi connectivity index (χ4n) is 1.66. The van der Waals surface area contributed by atoms with E-state index in [1.54, 1.807) is 24.5 Å². The molecule has 80 valence electrons. The number of aliphatic hydroxyl groups is 1. The van der Waals surface area contributed by atoms with E-state index in [2.05, 4.69) is 4.98 Å². The zero-order valence-corrected chi connectivity index (χ0v) is 9.66. The topological polar surface area (TPSA) is 38.0 Å². The van der Waals surface area contributed by atoms with Gasteiger partial charge in [-0.2, -0.15) is 0 Å². The van der Waals surface area contributed by atoms with Crippen molar-refractivity contribution in [3.63, 3.8) is 0 Å². The molecule has 0 aliphatic carbocycles. The molecule has 0 aliphatic heterocycles. The number of aromatic nitrogens is 2. The summed E-state index contributed by atoms with van der Waals surface area (Å²) in [7, 11) is 0. The predicted molar refractivity (Wildman–Crippen MR) is 60.9 cm³/mol. The molecule has 1 unspecified atom stereocenters. The van der Waals surface area contributed by atoms with Crippen LogP contribution in [0.25, 0.3) is 0 Å². The third kappa shape index (κ3) is 1.70. The second kappa shape index (κ2) is 3.79. The quantitative estimate of drug-likeness (QED) is 0.864. The Balaban J connectivity index is 2.46. The van der Waals surface area contributed by atoms with Crippen LogP contribution >= 0.6 is 11.3 Å². The lowest BCUT2D eigenvalue weighted by atomic mass is 10.0. The van der Waals surface area contributed by atoms with Gasteiger partial charge in [0.2, 0.25) is 0 Å². The Hall–Kier alpha value is -1.13. The highest BCUT2D eigenvalue weighted by molar-refractivity contribution is 7.10. The average Bonchev–Trinajstić information content (AvgIpc) is 2.89. The molecule has 2 aromatic rings. The normalized spacial score (nSPS) is 15.1. The summed E-state index contributed by atoms with van der Waals surface area (Å²) in [5.74, 6) is 0.701. The first-order chi connectivity index (χ1) is 7.16. The summed E-state index contributed by atoms with van der Waals surface area (Å²) in [6.07, 6.45) is 3.61. The molecule has 0 saturated carbocycles. The Morgan fingerprint density at radius 3 is 3.00 bits per heavy atom. The van der Waals surface area contributed by atoms with Gasteiger partial charge in [0, 0.05) is 23.8 Å². The maximum Gasteiger partial charge on any atom is 0.153 e. The smallest absolute Gasteiger partial charge is 0.153 e. The van der Waals surface area contributed by atoms with E-state index in [0.29, 0.717) is 5.82 Å². The lowest BCUT2D eigenvalue weighted by molar-refractivity contribution is 0.0920. The Bertz CT molecular complexity index is 431. The van der Waals surface area contributed by atoms with E-state index in [1.165, 1.54) is 0 Å². The highest BCUT2D eigenvalue weighted by Gasteiger charge is 2.30. The number of aryl methyl sites for hydroxylation is 1. The summed E-state index contributed by atoms with van der Waals surface area (Å²) in [5.41, 5.74) is -0.992. The first-order valence-corrected chi connectivity index (χ1v) is 5.82. The molecule has 2 aromatic heterocycles. The van der Waals surface area contributed by atoms with E-state index < -0.39 is 5.60 Å². The zero-order valence-electron chi connectivity index (χ0n) is 8.84. The van der Waals surface area contributed by atoms with E-state index in [9.17, 15) is 5.11 Å². The Morgan fingerprint density at radius 2 is 2.40 bits per heavy atom. The number of nitrogens with zero attached hydrogens (tertiary/aromatic N) is 2.